The maximum absolute atomic E-state index is 13.1. The lowest BCUT2D eigenvalue weighted by atomic mass is 10.1. The summed E-state index contributed by atoms with van der Waals surface area (Å²) >= 11 is 0. The number of carbonyl (C=O) groups excluding carboxylic acids is 1. The first-order chi connectivity index (χ1) is 15.9. The molecule has 1 saturated heterocycles. The Bertz CT molecular complexity index is 1010. The highest BCUT2D eigenvalue weighted by atomic mass is 32.2. The fourth-order valence-corrected chi connectivity index (χ4v) is 4.77. The van der Waals surface area contributed by atoms with Crippen LogP contribution in [0.1, 0.15) is 5.56 Å². The van der Waals surface area contributed by atoms with Crippen LogP contribution in [0.25, 0.3) is 0 Å². The number of benzene rings is 2. The molecule has 0 radical (unpaired) electrons. The van der Waals surface area contributed by atoms with E-state index in [-0.39, 0.29) is 23.0 Å². The van der Waals surface area contributed by atoms with E-state index in [0.717, 1.165) is 18.7 Å². The lowest BCUT2D eigenvalue weighted by molar-refractivity contribution is -0.122. The van der Waals surface area contributed by atoms with Gasteiger partial charge in [0, 0.05) is 32.2 Å². The first-order valence-corrected chi connectivity index (χ1v) is 12.3. The van der Waals surface area contributed by atoms with Crippen LogP contribution in [0.5, 0.6) is 11.5 Å². The zero-order valence-corrected chi connectivity index (χ0v) is 19.8. The molecule has 0 unspecified atom stereocenters. The number of nitrogens with zero attached hydrogens (tertiary/aromatic N) is 1. The predicted molar refractivity (Wildman–Crippen MR) is 124 cm³/mol. The molecule has 1 amide bonds. The minimum Gasteiger partial charge on any atom is -0.493 e. The van der Waals surface area contributed by atoms with Crippen molar-refractivity contribution in [3.63, 3.8) is 0 Å². The standard InChI is InChI=1S/C23H31N3O6S/c1-30-21-9-8-19(17-22(21)31-2)33(28,29)25-20(16-18-6-4-3-5-7-18)23(27)24-10-11-26-12-14-32-15-13-26/h3-9,17,20,25H,10-16H2,1-2H3,(H,24,27)/t20-/m1/s1. The Morgan fingerprint density at radius 3 is 2.42 bits per heavy atom. The summed E-state index contributed by atoms with van der Waals surface area (Å²) in [5.41, 5.74) is 0.848. The molecule has 1 heterocycles. The van der Waals surface area contributed by atoms with Gasteiger partial charge in [-0.1, -0.05) is 30.3 Å². The molecule has 0 aromatic heterocycles. The Labute approximate surface area is 195 Å². The average molecular weight is 478 g/mol. The molecule has 1 fully saturated rings. The summed E-state index contributed by atoms with van der Waals surface area (Å²) in [6.07, 6.45) is 0.219. The third-order valence-corrected chi connectivity index (χ3v) is 6.86. The van der Waals surface area contributed by atoms with Crippen molar-refractivity contribution in [3.8, 4) is 11.5 Å². The van der Waals surface area contributed by atoms with Crippen molar-refractivity contribution in [2.24, 2.45) is 0 Å². The van der Waals surface area contributed by atoms with E-state index in [1.54, 1.807) is 0 Å². The highest BCUT2D eigenvalue weighted by Gasteiger charge is 2.27. The van der Waals surface area contributed by atoms with E-state index in [0.29, 0.717) is 32.1 Å². The number of rotatable bonds is 11. The van der Waals surface area contributed by atoms with E-state index in [4.69, 9.17) is 14.2 Å². The van der Waals surface area contributed by atoms with E-state index in [2.05, 4.69) is 14.9 Å². The van der Waals surface area contributed by atoms with Gasteiger partial charge in [0.1, 0.15) is 6.04 Å². The van der Waals surface area contributed by atoms with Gasteiger partial charge in [0.25, 0.3) is 0 Å². The van der Waals surface area contributed by atoms with Crippen LogP contribution in [0, 0.1) is 0 Å². The van der Waals surface area contributed by atoms with Crippen LogP contribution >= 0.6 is 0 Å². The molecule has 1 aliphatic heterocycles. The molecule has 2 aromatic rings. The average Bonchev–Trinajstić information content (AvgIpc) is 2.84. The van der Waals surface area contributed by atoms with Gasteiger partial charge >= 0.3 is 0 Å². The largest absolute Gasteiger partial charge is 0.493 e. The minimum atomic E-state index is -4.00. The minimum absolute atomic E-state index is 0.0145. The molecule has 0 spiro atoms. The molecule has 33 heavy (non-hydrogen) atoms. The van der Waals surface area contributed by atoms with Crippen LogP contribution in [0.3, 0.4) is 0 Å². The molecule has 180 valence electrons. The van der Waals surface area contributed by atoms with E-state index in [9.17, 15) is 13.2 Å². The zero-order valence-electron chi connectivity index (χ0n) is 19.0. The van der Waals surface area contributed by atoms with Crippen LogP contribution in [0.15, 0.2) is 53.4 Å². The van der Waals surface area contributed by atoms with E-state index in [1.165, 1.54) is 32.4 Å². The SMILES string of the molecule is COc1ccc(S(=O)(=O)N[C@H](Cc2ccccc2)C(=O)NCCN2CCOCC2)cc1OC. The monoisotopic (exact) mass is 477 g/mol. The number of morpholine rings is 1. The molecule has 2 N–H and O–H groups in total. The Kier molecular flexibility index (Phi) is 9.07. The number of carbonyl (C=O) groups is 1. The fraction of sp³-hybridized carbons (Fsp3) is 0.435. The normalized spacial score (nSPS) is 15.6. The Balaban J connectivity index is 1.73. The second-order valence-corrected chi connectivity index (χ2v) is 9.34. The maximum Gasteiger partial charge on any atom is 0.241 e. The second-order valence-electron chi connectivity index (χ2n) is 7.63. The maximum atomic E-state index is 13.1. The highest BCUT2D eigenvalue weighted by Crippen LogP contribution is 2.29. The van der Waals surface area contributed by atoms with Gasteiger partial charge in [-0.05, 0) is 24.1 Å². The van der Waals surface area contributed by atoms with E-state index < -0.39 is 16.1 Å². The molecular formula is C23H31N3O6S. The van der Waals surface area contributed by atoms with Gasteiger partial charge in [-0.3, -0.25) is 9.69 Å². The molecule has 10 heteroatoms. The van der Waals surface area contributed by atoms with Crippen LogP contribution in [-0.2, 0) is 26.0 Å². The highest BCUT2D eigenvalue weighted by molar-refractivity contribution is 7.89. The van der Waals surface area contributed by atoms with E-state index >= 15 is 0 Å². The summed E-state index contributed by atoms with van der Waals surface area (Å²) in [4.78, 5) is 15.2. The first-order valence-electron chi connectivity index (χ1n) is 10.8. The molecule has 9 nitrogen and oxygen atoms in total. The molecule has 2 aromatic carbocycles. The number of ether oxygens (including phenoxy) is 3. The molecular weight excluding hydrogens is 446 g/mol. The van der Waals surface area contributed by atoms with Gasteiger partial charge < -0.3 is 19.5 Å². The van der Waals surface area contributed by atoms with Gasteiger partial charge in [-0.2, -0.15) is 4.72 Å². The van der Waals surface area contributed by atoms with Crippen molar-refractivity contribution < 1.29 is 27.4 Å². The summed E-state index contributed by atoms with van der Waals surface area (Å²) in [5.74, 6) is 0.323. The van der Waals surface area contributed by atoms with Gasteiger partial charge in [-0.25, -0.2) is 8.42 Å². The molecule has 0 saturated carbocycles. The number of amides is 1. The quantitative estimate of drug-likeness (QED) is 0.498. The van der Waals surface area contributed by atoms with Crippen LogP contribution < -0.4 is 19.5 Å². The summed E-state index contributed by atoms with van der Waals surface area (Å²) in [7, 11) is -1.10. The number of nitrogens with one attached hydrogen (secondary N) is 2. The number of hydrogen-bond acceptors (Lipinski definition) is 7. The topological polar surface area (TPSA) is 106 Å². The number of methoxy groups -OCH3 is 2. The molecule has 0 bridgehead atoms. The van der Waals surface area contributed by atoms with Crippen LogP contribution in [0.2, 0.25) is 0 Å². The smallest absolute Gasteiger partial charge is 0.241 e. The molecule has 3 rings (SSSR count). The third kappa shape index (κ3) is 7.16. The van der Waals surface area contributed by atoms with Gasteiger partial charge in [0.2, 0.25) is 15.9 Å². The summed E-state index contributed by atoms with van der Waals surface area (Å²) in [6, 6.07) is 12.6. The van der Waals surface area contributed by atoms with Gasteiger partial charge in [-0.15, -0.1) is 0 Å². The van der Waals surface area contributed by atoms with Crippen LogP contribution in [0.4, 0.5) is 0 Å². The van der Waals surface area contributed by atoms with Gasteiger partial charge in [0.15, 0.2) is 11.5 Å². The number of sulfonamides is 1. The number of hydrogen-bond donors (Lipinski definition) is 2. The Hall–Kier alpha value is -2.66. The Morgan fingerprint density at radius 1 is 1.06 bits per heavy atom. The van der Waals surface area contributed by atoms with Crippen molar-refractivity contribution in [3.05, 3.63) is 54.1 Å². The van der Waals surface area contributed by atoms with Crippen molar-refractivity contribution in [1.82, 2.24) is 14.9 Å². The lowest BCUT2D eigenvalue weighted by Crippen LogP contribution is -2.49. The molecule has 0 aliphatic carbocycles. The second kappa shape index (κ2) is 12.0. The summed E-state index contributed by atoms with van der Waals surface area (Å²) in [5, 5.41) is 2.87. The molecule has 1 atom stereocenters. The lowest BCUT2D eigenvalue weighted by Gasteiger charge is -2.27. The third-order valence-electron chi connectivity index (χ3n) is 5.39. The van der Waals surface area contributed by atoms with Crippen molar-refractivity contribution in [1.29, 1.82) is 0 Å². The van der Waals surface area contributed by atoms with Crippen molar-refractivity contribution in [2.45, 2.75) is 17.4 Å². The summed E-state index contributed by atoms with van der Waals surface area (Å²) in [6.45, 7) is 4.08. The van der Waals surface area contributed by atoms with Gasteiger partial charge in [0.05, 0.1) is 32.3 Å². The van der Waals surface area contributed by atoms with Crippen molar-refractivity contribution in [2.75, 3.05) is 53.6 Å². The Morgan fingerprint density at radius 2 is 1.76 bits per heavy atom. The first kappa shape index (κ1) is 25.0. The predicted octanol–water partition coefficient (Wildman–Crippen LogP) is 1.04. The summed E-state index contributed by atoms with van der Waals surface area (Å²) < 4.78 is 44.5. The van der Waals surface area contributed by atoms with Crippen LogP contribution in [-0.4, -0.2) is 78.9 Å². The fourth-order valence-electron chi connectivity index (χ4n) is 3.56. The zero-order chi connectivity index (χ0) is 23.7. The molecule has 1 aliphatic rings. The van der Waals surface area contributed by atoms with E-state index in [1.807, 2.05) is 30.3 Å². The van der Waals surface area contributed by atoms with Crippen molar-refractivity contribution >= 4 is 15.9 Å².